The van der Waals surface area contributed by atoms with Gasteiger partial charge in [-0.1, -0.05) is 5.92 Å². The topological polar surface area (TPSA) is 93.1 Å². The summed E-state index contributed by atoms with van der Waals surface area (Å²) in [6.45, 7) is 1.22. The number of nitrogens with one attached hydrogen (secondary N) is 2. The Labute approximate surface area is 152 Å². The Balaban J connectivity index is 1.61. The van der Waals surface area contributed by atoms with Crippen LogP contribution in [0.4, 0.5) is 0 Å². The number of rotatable bonds is 6. The van der Waals surface area contributed by atoms with E-state index >= 15 is 0 Å². The molecule has 1 amide bonds. The van der Waals surface area contributed by atoms with Crippen molar-refractivity contribution in [2.75, 3.05) is 6.54 Å². The summed E-state index contributed by atoms with van der Waals surface area (Å²) in [6, 6.07) is 5.70. The number of carbonyl (C=O) groups is 1. The number of aromatic nitrogens is 2. The van der Waals surface area contributed by atoms with Crippen molar-refractivity contribution in [2.24, 2.45) is 0 Å². The Hall–Kier alpha value is -2.63. The molecule has 0 fully saturated rings. The van der Waals surface area contributed by atoms with Crippen molar-refractivity contribution in [2.45, 2.75) is 37.2 Å². The second-order valence-corrected chi connectivity index (χ2v) is 7.80. The SMILES string of the molecule is C#CCNS(=O)(=O)c1ccc(C(=O)NCc2cn3c(n2)CCCC3)cc1. The maximum Gasteiger partial charge on any atom is 0.251 e. The molecule has 0 unspecified atom stereocenters. The summed E-state index contributed by atoms with van der Waals surface area (Å²) in [7, 11) is -3.66. The van der Waals surface area contributed by atoms with Crippen LogP contribution in [0.1, 0.15) is 34.7 Å². The summed E-state index contributed by atoms with van der Waals surface area (Å²) >= 11 is 0. The van der Waals surface area contributed by atoms with Crippen LogP contribution < -0.4 is 10.0 Å². The van der Waals surface area contributed by atoms with Gasteiger partial charge in [-0.2, -0.15) is 4.72 Å². The van der Waals surface area contributed by atoms with E-state index in [0.29, 0.717) is 12.1 Å². The average molecular weight is 372 g/mol. The lowest BCUT2D eigenvalue weighted by atomic mass is 10.2. The molecule has 2 N–H and O–H groups in total. The lowest BCUT2D eigenvalue weighted by Gasteiger charge is -2.11. The van der Waals surface area contributed by atoms with E-state index in [0.717, 1.165) is 37.3 Å². The zero-order chi connectivity index (χ0) is 18.6. The first kappa shape index (κ1) is 18.2. The standard InChI is InChI=1S/C18H20N4O3S/c1-2-10-20-26(24,25)16-8-6-14(7-9-16)18(23)19-12-15-13-22-11-4-3-5-17(22)21-15/h1,6-9,13,20H,3-5,10-12H2,(H,19,23). The molecule has 1 aliphatic heterocycles. The Bertz CT molecular complexity index is 916. The lowest BCUT2D eigenvalue weighted by molar-refractivity contribution is 0.0950. The van der Waals surface area contributed by atoms with Crippen molar-refractivity contribution in [3.8, 4) is 12.3 Å². The van der Waals surface area contributed by atoms with Gasteiger partial charge in [0.1, 0.15) is 5.82 Å². The van der Waals surface area contributed by atoms with Crippen molar-refractivity contribution in [1.29, 1.82) is 0 Å². The molecule has 0 saturated heterocycles. The highest BCUT2D eigenvalue weighted by Crippen LogP contribution is 2.15. The largest absolute Gasteiger partial charge is 0.346 e. The molecule has 0 atom stereocenters. The van der Waals surface area contributed by atoms with Gasteiger partial charge in [-0.25, -0.2) is 13.4 Å². The smallest absolute Gasteiger partial charge is 0.251 e. The molecule has 0 saturated carbocycles. The minimum atomic E-state index is -3.66. The molecule has 1 aliphatic rings. The highest BCUT2D eigenvalue weighted by molar-refractivity contribution is 7.89. The maximum absolute atomic E-state index is 12.3. The molecule has 8 heteroatoms. The van der Waals surface area contributed by atoms with Gasteiger partial charge >= 0.3 is 0 Å². The molecular weight excluding hydrogens is 352 g/mol. The van der Waals surface area contributed by atoms with Crippen molar-refractivity contribution in [1.82, 2.24) is 19.6 Å². The summed E-state index contributed by atoms with van der Waals surface area (Å²) in [5.74, 6) is 2.99. The Morgan fingerprint density at radius 2 is 2.04 bits per heavy atom. The van der Waals surface area contributed by atoms with Gasteiger partial charge in [0.15, 0.2) is 0 Å². The van der Waals surface area contributed by atoms with Crippen LogP contribution in [0.25, 0.3) is 0 Å². The maximum atomic E-state index is 12.3. The lowest BCUT2D eigenvalue weighted by Crippen LogP contribution is -2.25. The Kier molecular flexibility index (Phi) is 5.40. The Morgan fingerprint density at radius 3 is 2.73 bits per heavy atom. The minimum absolute atomic E-state index is 0.0612. The third-order valence-electron chi connectivity index (χ3n) is 4.18. The van der Waals surface area contributed by atoms with Crippen LogP contribution >= 0.6 is 0 Å². The highest BCUT2D eigenvalue weighted by atomic mass is 32.2. The molecule has 26 heavy (non-hydrogen) atoms. The monoisotopic (exact) mass is 372 g/mol. The summed E-state index contributed by atoms with van der Waals surface area (Å²) in [5, 5.41) is 2.81. The summed E-state index contributed by atoms with van der Waals surface area (Å²) < 4.78 is 28.3. The van der Waals surface area contributed by atoms with Crippen molar-refractivity contribution in [3.63, 3.8) is 0 Å². The number of amides is 1. The number of imidazole rings is 1. The molecule has 3 rings (SSSR count). The van der Waals surface area contributed by atoms with Crippen LogP contribution in [-0.2, 0) is 29.5 Å². The molecule has 0 bridgehead atoms. The van der Waals surface area contributed by atoms with Crippen molar-refractivity contribution >= 4 is 15.9 Å². The number of aryl methyl sites for hydroxylation is 2. The van der Waals surface area contributed by atoms with E-state index in [1.165, 1.54) is 24.3 Å². The third-order valence-corrected chi connectivity index (χ3v) is 5.60. The zero-order valence-corrected chi connectivity index (χ0v) is 15.1. The van der Waals surface area contributed by atoms with Crippen LogP contribution in [-0.4, -0.2) is 30.4 Å². The van der Waals surface area contributed by atoms with E-state index in [2.05, 4.69) is 25.5 Å². The number of carbonyl (C=O) groups excluding carboxylic acids is 1. The molecule has 1 aromatic carbocycles. The second-order valence-electron chi connectivity index (χ2n) is 6.03. The van der Waals surface area contributed by atoms with Gasteiger partial charge in [0.2, 0.25) is 10.0 Å². The van der Waals surface area contributed by atoms with E-state index in [4.69, 9.17) is 6.42 Å². The molecule has 7 nitrogen and oxygen atoms in total. The number of hydrogen-bond donors (Lipinski definition) is 2. The molecule has 2 heterocycles. The number of sulfonamides is 1. The quantitative estimate of drug-likeness (QED) is 0.742. The Morgan fingerprint density at radius 1 is 1.27 bits per heavy atom. The number of benzene rings is 1. The van der Waals surface area contributed by atoms with Gasteiger partial charge in [0.25, 0.3) is 5.91 Å². The van der Waals surface area contributed by atoms with Gasteiger partial charge in [0, 0.05) is 24.7 Å². The van der Waals surface area contributed by atoms with Gasteiger partial charge in [-0.3, -0.25) is 4.79 Å². The van der Waals surface area contributed by atoms with E-state index < -0.39 is 10.0 Å². The summed E-state index contributed by atoms with van der Waals surface area (Å²) in [4.78, 5) is 16.9. The molecule has 0 aliphatic carbocycles. The fourth-order valence-corrected chi connectivity index (χ4v) is 3.77. The summed E-state index contributed by atoms with van der Waals surface area (Å²) in [6.07, 6.45) is 10.3. The number of terminal acetylenes is 1. The molecule has 0 radical (unpaired) electrons. The number of fused-ring (bicyclic) bond motifs is 1. The number of hydrogen-bond acceptors (Lipinski definition) is 4. The first-order chi connectivity index (χ1) is 12.5. The number of nitrogens with zero attached hydrogens (tertiary/aromatic N) is 2. The first-order valence-electron chi connectivity index (χ1n) is 8.36. The minimum Gasteiger partial charge on any atom is -0.346 e. The van der Waals surface area contributed by atoms with Crippen molar-refractivity contribution < 1.29 is 13.2 Å². The van der Waals surface area contributed by atoms with E-state index in [1.54, 1.807) is 0 Å². The highest BCUT2D eigenvalue weighted by Gasteiger charge is 2.15. The van der Waals surface area contributed by atoms with Gasteiger partial charge in [-0.15, -0.1) is 6.42 Å². The fraction of sp³-hybridized carbons (Fsp3) is 0.333. The molecule has 1 aromatic heterocycles. The molecular formula is C18H20N4O3S. The van der Waals surface area contributed by atoms with Crippen LogP contribution in [0.2, 0.25) is 0 Å². The van der Waals surface area contributed by atoms with Gasteiger partial charge in [0.05, 0.1) is 23.7 Å². The average Bonchev–Trinajstić information content (AvgIpc) is 3.07. The first-order valence-corrected chi connectivity index (χ1v) is 9.84. The van der Waals surface area contributed by atoms with E-state index in [9.17, 15) is 13.2 Å². The molecule has 136 valence electrons. The fourth-order valence-electron chi connectivity index (χ4n) is 2.84. The van der Waals surface area contributed by atoms with Crippen LogP contribution in [0.15, 0.2) is 35.4 Å². The third kappa shape index (κ3) is 4.12. The van der Waals surface area contributed by atoms with Crippen molar-refractivity contribution in [3.05, 3.63) is 47.5 Å². The van der Waals surface area contributed by atoms with E-state index in [1.807, 2.05) is 6.20 Å². The summed E-state index contributed by atoms with van der Waals surface area (Å²) in [5.41, 5.74) is 1.21. The van der Waals surface area contributed by atoms with Gasteiger partial charge in [-0.05, 0) is 37.1 Å². The molecule has 0 spiro atoms. The van der Waals surface area contributed by atoms with Crippen LogP contribution in [0.3, 0.4) is 0 Å². The van der Waals surface area contributed by atoms with Crippen LogP contribution in [0, 0.1) is 12.3 Å². The normalized spacial score (nSPS) is 13.7. The zero-order valence-electron chi connectivity index (χ0n) is 14.2. The van der Waals surface area contributed by atoms with Gasteiger partial charge < -0.3 is 9.88 Å². The van der Waals surface area contributed by atoms with E-state index in [-0.39, 0.29) is 17.3 Å². The second kappa shape index (κ2) is 7.72. The predicted molar refractivity (Wildman–Crippen MR) is 96.8 cm³/mol. The predicted octanol–water partition coefficient (Wildman–Crippen LogP) is 1.06. The molecule has 2 aromatic rings. The van der Waals surface area contributed by atoms with Crippen LogP contribution in [0.5, 0.6) is 0 Å².